The number of hydrogen-bond donors (Lipinski definition) is 2. The van der Waals surface area contributed by atoms with Gasteiger partial charge in [-0.25, -0.2) is 4.79 Å². The number of ether oxygens (including phenoxy) is 3. The molecule has 3 fully saturated rings. The summed E-state index contributed by atoms with van der Waals surface area (Å²) in [7, 11) is 1.52. The molecule has 14 heteroatoms. The number of methoxy groups -OCH3 is 1. The van der Waals surface area contributed by atoms with E-state index in [2.05, 4.69) is 10.3 Å². The highest BCUT2D eigenvalue weighted by Crippen LogP contribution is 2.68. The van der Waals surface area contributed by atoms with Crippen molar-refractivity contribution in [3.8, 4) is 11.5 Å². The first-order valence-electron chi connectivity index (χ1n) is 16.6. The Bertz CT molecular complexity index is 2120. The smallest absolute Gasteiger partial charge is 0.338 e. The van der Waals surface area contributed by atoms with Crippen LogP contribution in [0, 0.1) is 29.6 Å². The van der Waals surface area contributed by atoms with Crippen LogP contribution in [0.25, 0.3) is 0 Å². The molecular weight excluding hydrogens is 714 g/mol. The molecule has 4 aliphatic rings. The number of nitrogens with one attached hydrogen (secondary N) is 2. The Morgan fingerprint density at radius 2 is 1.69 bits per heavy atom. The second-order valence-electron chi connectivity index (χ2n) is 13.0. The topological polar surface area (TPSA) is 144 Å². The van der Waals surface area contributed by atoms with Crippen molar-refractivity contribution in [3.63, 3.8) is 0 Å². The minimum absolute atomic E-state index is 0.000382. The summed E-state index contributed by atoms with van der Waals surface area (Å²) in [4.78, 5) is 70.4. The number of thioether (sulfide) groups is 1. The van der Waals surface area contributed by atoms with Crippen LogP contribution in [0.2, 0.25) is 5.02 Å². The van der Waals surface area contributed by atoms with Crippen LogP contribution < -0.4 is 24.6 Å². The largest absolute Gasteiger partial charge is 0.493 e. The summed E-state index contributed by atoms with van der Waals surface area (Å²) in [5.41, 5.74) is 2.30. The molecule has 2 aliphatic carbocycles. The van der Waals surface area contributed by atoms with Gasteiger partial charge in [0.25, 0.3) is 5.91 Å². The molecule has 51 heavy (non-hydrogen) atoms. The third kappa shape index (κ3) is 5.71. The highest BCUT2D eigenvalue weighted by atomic mass is 35.5. The molecule has 11 nitrogen and oxygen atoms in total. The number of amides is 3. The minimum atomic E-state index is -0.441. The number of carbonyl (C=O) groups is 4. The molecule has 2 aliphatic heterocycles. The summed E-state index contributed by atoms with van der Waals surface area (Å²) in [6, 6.07) is 18.7. The van der Waals surface area contributed by atoms with E-state index in [4.69, 9.17) is 25.8 Å². The molecule has 4 unspecified atom stereocenters. The number of anilines is 2. The molecule has 3 heterocycles. The van der Waals surface area contributed by atoms with Crippen molar-refractivity contribution in [3.05, 3.63) is 97.4 Å². The van der Waals surface area contributed by atoms with E-state index < -0.39 is 23.7 Å². The van der Waals surface area contributed by atoms with Gasteiger partial charge in [-0.05, 0) is 97.3 Å². The number of fused-ring (bicyclic) bond motifs is 9. The average Bonchev–Trinajstić information content (AvgIpc) is 3.87. The van der Waals surface area contributed by atoms with Crippen molar-refractivity contribution in [2.24, 2.45) is 29.6 Å². The number of aromatic amines is 1. The van der Waals surface area contributed by atoms with Gasteiger partial charge in [-0.15, -0.1) is 11.8 Å². The lowest BCUT2D eigenvalue weighted by atomic mass is 9.68. The Balaban J connectivity index is 1.03. The fourth-order valence-corrected chi connectivity index (χ4v) is 11.5. The SMILES string of the molecule is CCOC(=O)c1ccc(NC(=O)COc2ccc([C@H]3c4sc(=O)[nH]c4SC4C3[C@H]3C[C@@H]4C4C(=O)N(c5ccc(Cl)cc5)C(=O)C43)cc2OC)cc1. The number of nitrogens with zero attached hydrogens (tertiary/aromatic N) is 1. The van der Waals surface area contributed by atoms with E-state index in [0.717, 1.165) is 21.9 Å². The number of halogens is 1. The number of benzene rings is 3. The van der Waals surface area contributed by atoms with Crippen LogP contribution >= 0.6 is 34.7 Å². The highest BCUT2D eigenvalue weighted by molar-refractivity contribution is 8.00. The first kappa shape index (κ1) is 33.5. The first-order chi connectivity index (χ1) is 24.7. The Hall–Kier alpha value is -4.59. The summed E-state index contributed by atoms with van der Waals surface area (Å²) in [5, 5.41) is 4.11. The van der Waals surface area contributed by atoms with Crippen molar-refractivity contribution < 1.29 is 33.4 Å². The van der Waals surface area contributed by atoms with Crippen molar-refractivity contribution in [1.29, 1.82) is 0 Å². The van der Waals surface area contributed by atoms with Crippen LogP contribution in [0.4, 0.5) is 11.4 Å². The van der Waals surface area contributed by atoms with E-state index in [1.54, 1.807) is 73.3 Å². The second-order valence-corrected chi connectivity index (χ2v) is 15.6. The summed E-state index contributed by atoms with van der Waals surface area (Å²) < 4.78 is 16.6. The Morgan fingerprint density at radius 3 is 2.39 bits per heavy atom. The molecule has 3 aromatic carbocycles. The zero-order chi connectivity index (χ0) is 35.6. The molecule has 262 valence electrons. The average molecular weight is 746 g/mol. The normalized spacial score (nSPS) is 25.6. The molecule has 7 atom stereocenters. The van der Waals surface area contributed by atoms with Gasteiger partial charge in [0.15, 0.2) is 18.1 Å². The van der Waals surface area contributed by atoms with Gasteiger partial charge in [0, 0.05) is 26.8 Å². The lowest BCUT2D eigenvalue weighted by Crippen LogP contribution is -2.42. The standard InChI is InChI=1S/C37H32ClN3O8S2/c1-3-48-36(45)17-4-9-20(10-5-17)39-26(42)16-49-24-13-6-18(14-25(24)47-2)27-28-22-15-23(31(28)50-33-32(27)51-37(46)40-33)30-29(22)34(43)41(35(30)44)21-11-7-19(38)8-12-21/h4-14,22-23,27-31H,3,15-16H2,1-2H3,(H,39,42)(H,40,46)/t22-,23-,27-,28?,29?,30?,31?/m1/s1. The van der Waals surface area contributed by atoms with Crippen molar-refractivity contribution in [2.75, 3.05) is 30.5 Å². The van der Waals surface area contributed by atoms with Gasteiger partial charge in [0.2, 0.25) is 11.8 Å². The fourth-order valence-electron chi connectivity index (χ4n) is 8.48. The Labute approximate surface area is 305 Å². The summed E-state index contributed by atoms with van der Waals surface area (Å²) in [5.74, 6) is -1.55. The van der Waals surface area contributed by atoms with E-state index in [1.165, 1.54) is 23.3 Å². The molecule has 1 saturated heterocycles. The molecule has 4 aromatic rings. The summed E-state index contributed by atoms with van der Waals surface area (Å²) in [6.07, 6.45) is 0.762. The van der Waals surface area contributed by atoms with Crippen LogP contribution in [-0.2, 0) is 19.1 Å². The second kappa shape index (κ2) is 13.2. The van der Waals surface area contributed by atoms with E-state index in [9.17, 15) is 24.0 Å². The van der Waals surface area contributed by atoms with Gasteiger partial charge < -0.3 is 24.5 Å². The maximum atomic E-state index is 14.0. The molecule has 0 radical (unpaired) electrons. The molecule has 3 amide bonds. The molecule has 2 N–H and O–H groups in total. The maximum Gasteiger partial charge on any atom is 0.338 e. The fraction of sp³-hybridized carbons (Fsp3) is 0.324. The van der Waals surface area contributed by atoms with Gasteiger partial charge >= 0.3 is 10.8 Å². The number of carbonyl (C=O) groups excluding carboxylic acids is 4. The van der Waals surface area contributed by atoms with Crippen molar-refractivity contribution in [1.82, 2.24) is 4.98 Å². The first-order valence-corrected chi connectivity index (χ1v) is 18.6. The number of H-pyrrole nitrogens is 1. The van der Waals surface area contributed by atoms with Crippen LogP contribution in [0.1, 0.15) is 40.1 Å². The summed E-state index contributed by atoms with van der Waals surface area (Å²) >= 11 is 8.89. The number of imide groups is 1. The predicted octanol–water partition coefficient (Wildman–Crippen LogP) is 5.97. The Kier molecular flexibility index (Phi) is 8.67. The molecule has 1 aromatic heterocycles. The van der Waals surface area contributed by atoms with Crippen molar-refractivity contribution in [2.45, 2.75) is 29.5 Å². The van der Waals surface area contributed by atoms with Crippen LogP contribution in [0.5, 0.6) is 11.5 Å². The van der Waals surface area contributed by atoms with Gasteiger partial charge in [-0.1, -0.05) is 29.0 Å². The van der Waals surface area contributed by atoms with Crippen LogP contribution in [0.3, 0.4) is 0 Å². The van der Waals surface area contributed by atoms with Gasteiger partial charge in [0.1, 0.15) is 0 Å². The number of thiazole rings is 1. The third-order valence-corrected chi connectivity index (χ3v) is 13.2. The monoisotopic (exact) mass is 745 g/mol. The number of hydrogen-bond acceptors (Lipinski definition) is 10. The Morgan fingerprint density at radius 1 is 0.961 bits per heavy atom. The van der Waals surface area contributed by atoms with Crippen LogP contribution in [0.15, 0.2) is 76.6 Å². The molecule has 0 spiro atoms. The molecule has 2 saturated carbocycles. The van der Waals surface area contributed by atoms with Gasteiger partial charge in [-0.3, -0.25) is 24.1 Å². The molecule has 2 bridgehead atoms. The predicted molar refractivity (Wildman–Crippen MR) is 192 cm³/mol. The van der Waals surface area contributed by atoms with Gasteiger partial charge in [0.05, 0.1) is 41.8 Å². The van der Waals surface area contributed by atoms with E-state index in [1.807, 2.05) is 12.1 Å². The minimum Gasteiger partial charge on any atom is -0.493 e. The quantitative estimate of drug-likeness (QED) is 0.156. The number of aromatic nitrogens is 1. The zero-order valence-electron chi connectivity index (χ0n) is 27.4. The number of rotatable bonds is 9. The maximum absolute atomic E-state index is 14.0. The highest BCUT2D eigenvalue weighted by Gasteiger charge is 2.69. The van der Waals surface area contributed by atoms with Crippen LogP contribution in [-0.4, -0.2) is 54.2 Å². The summed E-state index contributed by atoms with van der Waals surface area (Å²) in [6.45, 7) is 1.70. The lowest BCUT2D eigenvalue weighted by molar-refractivity contribution is -0.123. The molecular formula is C37H32ClN3O8S2. The van der Waals surface area contributed by atoms with E-state index in [0.29, 0.717) is 33.5 Å². The number of esters is 1. The van der Waals surface area contributed by atoms with E-state index >= 15 is 0 Å². The van der Waals surface area contributed by atoms with E-state index in [-0.39, 0.29) is 58.8 Å². The third-order valence-electron chi connectivity index (χ3n) is 10.4. The van der Waals surface area contributed by atoms with Gasteiger partial charge in [-0.2, -0.15) is 0 Å². The zero-order valence-corrected chi connectivity index (χ0v) is 29.8. The molecule has 8 rings (SSSR count). The van der Waals surface area contributed by atoms with Crippen molar-refractivity contribution >= 4 is 69.8 Å². The lowest BCUT2D eigenvalue weighted by Gasteiger charge is -2.43.